The SMILES string of the molecule is OCCCn1ncc(OC2CCCC2)c1Br. The van der Waals surface area contributed by atoms with Gasteiger partial charge in [-0.2, -0.15) is 5.10 Å². The topological polar surface area (TPSA) is 47.3 Å². The maximum Gasteiger partial charge on any atom is 0.172 e. The molecule has 16 heavy (non-hydrogen) atoms. The molecule has 0 amide bonds. The van der Waals surface area contributed by atoms with Crippen LogP contribution in [0.2, 0.25) is 0 Å². The quantitative estimate of drug-likeness (QED) is 0.905. The van der Waals surface area contributed by atoms with E-state index in [4.69, 9.17) is 9.84 Å². The van der Waals surface area contributed by atoms with Crippen LogP contribution in [-0.4, -0.2) is 27.6 Å². The van der Waals surface area contributed by atoms with E-state index in [0.29, 0.717) is 19.1 Å². The third kappa shape index (κ3) is 2.77. The molecule has 1 N–H and O–H groups in total. The fourth-order valence-corrected chi connectivity index (χ4v) is 2.46. The molecule has 90 valence electrons. The standard InChI is InChI=1S/C11H17BrN2O2/c12-11-10(16-9-4-1-2-5-9)8-13-14(11)6-3-7-15/h8-9,15H,1-7H2. The Labute approximate surface area is 104 Å². The average molecular weight is 289 g/mol. The summed E-state index contributed by atoms with van der Waals surface area (Å²) < 4.78 is 8.58. The van der Waals surface area contributed by atoms with Crippen molar-refractivity contribution in [3.63, 3.8) is 0 Å². The zero-order valence-corrected chi connectivity index (χ0v) is 10.8. The molecule has 1 heterocycles. The molecule has 4 nitrogen and oxygen atoms in total. The molecule has 2 rings (SSSR count). The number of rotatable bonds is 5. The lowest BCUT2D eigenvalue weighted by Crippen LogP contribution is -2.11. The van der Waals surface area contributed by atoms with Gasteiger partial charge in [-0.25, -0.2) is 0 Å². The Kier molecular flexibility index (Phi) is 4.23. The Hall–Kier alpha value is -0.550. The second-order valence-corrected chi connectivity index (χ2v) is 4.88. The number of aryl methyl sites for hydroxylation is 1. The number of halogens is 1. The first-order valence-corrected chi connectivity index (χ1v) is 6.59. The van der Waals surface area contributed by atoms with E-state index in [1.54, 1.807) is 6.20 Å². The molecule has 0 spiro atoms. The van der Waals surface area contributed by atoms with Crippen LogP contribution >= 0.6 is 15.9 Å². The lowest BCUT2D eigenvalue weighted by atomic mass is 10.3. The summed E-state index contributed by atoms with van der Waals surface area (Å²) in [4.78, 5) is 0. The van der Waals surface area contributed by atoms with Crippen LogP contribution in [0.3, 0.4) is 0 Å². The van der Waals surface area contributed by atoms with Gasteiger partial charge in [-0.3, -0.25) is 4.68 Å². The minimum absolute atomic E-state index is 0.186. The maximum atomic E-state index is 8.77. The van der Waals surface area contributed by atoms with E-state index < -0.39 is 0 Å². The summed E-state index contributed by atoms with van der Waals surface area (Å²) in [6.45, 7) is 0.899. The van der Waals surface area contributed by atoms with Crippen molar-refractivity contribution in [2.24, 2.45) is 0 Å². The first-order valence-electron chi connectivity index (χ1n) is 5.80. The molecule has 0 saturated heterocycles. The highest BCUT2D eigenvalue weighted by Gasteiger charge is 2.19. The van der Waals surface area contributed by atoms with Gasteiger partial charge < -0.3 is 9.84 Å². The summed E-state index contributed by atoms with van der Waals surface area (Å²) in [7, 11) is 0. The average Bonchev–Trinajstić information content (AvgIpc) is 2.89. The molecule has 1 aromatic rings. The Morgan fingerprint density at radius 2 is 2.25 bits per heavy atom. The van der Waals surface area contributed by atoms with Crippen molar-refractivity contribution in [2.75, 3.05) is 6.61 Å². The largest absolute Gasteiger partial charge is 0.486 e. The third-order valence-corrected chi connectivity index (χ3v) is 3.67. The fourth-order valence-electron chi connectivity index (χ4n) is 1.99. The van der Waals surface area contributed by atoms with Gasteiger partial charge in [-0.15, -0.1) is 0 Å². The van der Waals surface area contributed by atoms with Gasteiger partial charge in [-0.1, -0.05) is 0 Å². The maximum absolute atomic E-state index is 8.77. The monoisotopic (exact) mass is 288 g/mol. The number of hydrogen-bond donors (Lipinski definition) is 1. The lowest BCUT2D eigenvalue weighted by Gasteiger charge is -2.11. The number of aliphatic hydroxyl groups excluding tert-OH is 1. The highest BCUT2D eigenvalue weighted by molar-refractivity contribution is 9.10. The molecule has 1 aromatic heterocycles. The normalized spacial score (nSPS) is 16.9. The molecule has 5 heteroatoms. The number of hydrogen-bond acceptors (Lipinski definition) is 3. The molecule has 1 aliphatic carbocycles. The van der Waals surface area contributed by atoms with Crippen molar-refractivity contribution < 1.29 is 9.84 Å². The van der Waals surface area contributed by atoms with Crippen LogP contribution in [0.15, 0.2) is 10.8 Å². The van der Waals surface area contributed by atoms with E-state index in [0.717, 1.165) is 23.2 Å². The van der Waals surface area contributed by atoms with Gasteiger partial charge in [0.2, 0.25) is 0 Å². The van der Waals surface area contributed by atoms with E-state index in [9.17, 15) is 0 Å². The molecule has 0 radical (unpaired) electrons. The van der Waals surface area contributed by atoms with E-state index in [2.05, 4.69) is 21.0 Å². The molecule has 1 aliphatic rings. The third-order valence-electron chi connectivity index (χ3n) is 2.87. The van der Waals surface area contributed by atoms with E-state index in [-0.39, 0.29) is 6.61 Å². The van der Waals surface area contributed by atoms with Gasteiger partial charge in [0.15, 0.2) is 5.75 Å². The minimum atomic E-state index is 0.186. The fraction of sp³-hybridized carbons (Fsp3) is 0.727. The van der Waals surface area contributed by atoms with Gasteiger partial charge in [0.1, 0.15) is 4.60 Å². The van der Waals surface area contributed by atoms with Gasteiger partial charge in [0.25, 0.3) is 0 Å². The smallest absolute Gasteiger partial charge is 0.172 e. The Bertz CT molecular complexity index is 335. The second kappa shape index (κ2) is 5.68. The molecule has 0 unspecified atom stereocenters. The van der Waals surface area contributed by atoms with Gasteiger partial charge >= 0.3 is 0 Å². The predicted octanol–water partition coefficient (Wildman–Crippen LogP) is 2.35. The summed E-state index contributed by atoms with van der Waals surface area (Å²) in [5.74, 6) is 0.824. The number of aromatic nitrogens is 2. The van der Waals surface area contributed by atoms with E-state index in [1.165, 1.54) is 12.8 Å². The van der Waals surface area contributed by atoms with Crippen molar-refractivity contribution in [2.45, 2.75) is 44.8 Å². The molecule has 1 saturated carbocycles. The van der Waals surface area contributed by atoms with Crippen LogP contribution in [-0.2, 0) is 6.54 Å². The Morgan fingerprint density at radius 1 is 1.50 bits per heavy atom. The molecular weight excluding hydrogens is 272 g/mol. The molecule has 0 bridgehead atoms. The van der Waals surface area contributed by atoms with E-state index in [1.807, 2.05) is 4.68 Å². The summed E-state index contributed by atoms with van der Waals surface area (Å²) in [6, 6.07) is 0. The molecular formula is C11H17BrN2O2. The Balaban J connectivity index is 1.95. The number of aliphatic hydroxyl groups is 1. The molecule has 0 atom stereocenters. The van der Waals surface area contributed by atoms with Crippen LogP contribution < -0.4 is 4.74 Å². The number of ether oxygens (including phenoxy) is 1. The lowest BCUT2D eigenvalue weighted by molar-refractivity contribution is 0.208. The molecule has 0 aliphatic heterocycles. The number of nitrogens with zero attached hydrogens (tertiary/aromatic N) is 2. The minimum Gasteiger partial charge on any atom is -0.486 e. The predicted molar refractivity (Wildman–Crippen MR) is 64.5 cm³/mol. The van der Waals surface area contributed by atoms with Crippen molar-refractivity contribution in [3.8, 4) is 5.75 Å². The van der Waals surface area contributed by atoms with Gasteiger partial charge in [-0.05, 0) is 48.0 Å². The molecule has 0 aromatic carbocycles. The van der Waals surface area contributed by atoms with E-state index >= 15 is 0 Å². The summed E-state index contributed by atoms with van der Waals surface area (Å²) in [5, 5.41) is 13.0. The summed E-state index contributed by atoms with van der Waals surface area (Å²) in [6.07, 6.45) is 7.64. The van der Waals surface area contributed by atoms with Crippen molar-refractivity contribution >= 4 is 15.9 Å². The van der Waals surface area contributed by atoms with Crippen molar-refractivity contribution in [1.29, 1.82) is 0 Å². The van der Waals surface area contributed by atoms with Crippen LogP contribution in [0.1, 0.15) is 32.1 Å². The zero-order valence-electron chi connectivity index (χ0n) is 9.23. The highest BCUT2D eigenvalue weighted by atomic mass is 79.9. The van der Waals surface area contributed by atoms with Crippen LogP contribution in [0, 0.1) is 0 Å². The van der Waals surface area contributed by atoms with Crippen LogP contribution in [0.5, 0.6) is 5.75 Å². The summed E-state index contributed by atoms with van der Waals surface area (Å²) >= 11 is 3.48. The van der Waals surface area contributed by atoms with Gasteiger partial charge in [0.05, 0.1) is 12.3 Å². The van der Waals surface area contributed by atoms with Crippen molar-refractivity contribution in [1.82, 2.24) is 9.78 Å². The first-order chi connectivity index (χ1) is 7.81. The summed E-state index contributed by atoms with van der Waals surface area (Å²) in [5.41, 5.74) is 0. The Morgan fingerprint density at radius 3 is 2.94 bits per heavy atom. The second-order valence-electron chi connectivity index (χ2n) is 4.12. The van der Waals surface area contributed by atoms with Crippen LogP contribution in [0.25, 0.3) is 0 Å². The van der Waals surface area contributed by atoms with Crippen molar-refractivity contribution in [3.05, 3.63) is 10.8 Å². The van der Waals surface area contributed by atoms with Gasteiger partial charge in [0, 0.05) is 13.2 Å². The highest BCUT2D eigenvalue weighted by Crippen LogP contribution is 2.29. The zero-order chi connectivity index (χ0) is 11.4. The first kappa shape index (κ1) is 11.9. The van der Waals surface area contributed by atoms with Crippen LogP contribution in [0.4, 0.5) is 0 Å². The molecule has 1 fully saturated rings.